The molecule has 0 spiro atoms. The number of rotatable bonds is 4. The highest BCUT2D eigenvalue weighted by atomic mass is 32.1. The highest BCUT2D eigenvalue weighted by molar-refractivity contribution is 7.21. The number of nitrogens with one attached hydrogen (secondary N) is 1. The second kappa shape index (κ2) is 8.79. The van der Waals surface area contributed by atoms with Gasteiger partial charge in [-0.3, -0.25) is 19.5 Å². The molecule has 0 unspecified atom stereocenters. The van der Waals surface area contributed by atoms with Crippen LogP contribution in [0.1, 0.15) is 65.7 Å². The summed E-state index contributed by atoms with van der Waals surface area (Å²) < 4.78 is 1.79. The van der Waals surface area contributed by atoms with E-state index in [0.29, 0.717) is 38.3 Å². The molecule has 9 heteroatoms. The van der Waals surface area contributed by atoms with Gasteiger partial charge in [-0.15, -0.1) is 21.5 Å². The standard InChI is InChI=1S/C24H25N5O2S2/c1-13(2)15-8-10-16(11-9-15)21-27-28-24(33-21)26-20(30)19-14(3)18-22(32-19)25-17-7-5-4-6-12-29(17)23(18)31/h8-11,13H,4-7,12H2,1-3H3,(H,26,28,30). The highest BCUT2D eigenvalue weighted by Gasteiger charge is 2.23. The van der Waals surface area contributed by atoms with Gasteiger partial charge in [-0.25, -0.2) is 4.98 Å². The Labute approximate surface area is 199 Å². The molecule has 1 N–H and O–H groups in total. The quantitative estimate of drug-likeness (QED) is 0.424. The van der Waals surface area contributed by atoms with E-state index in [1.165, 1.54) is 28.2 Å². The fourth-order valence-electron chi connectivity index (χ4n) is 4.18. The summed E-state index contributed by atoms with van der Waals surface area (Å²) in [4.78, 5) is 32.1. The zero-order valence-corrected chi connectivity index (χ0v) is 20.5. The van der Waals surface area contributed by atoms with Gasteiger partial charge in [0.2, 0.25) is 5.13 Å². The first-order valence-corrected chi connectivity index (χ1v) is 12.8. The smallest absolute Gasteiger partial charge is 0.267 e. The van der Waals surface area contributed by atoms with Crippen molar-refractivity contribution in [3.63, 3.8) is 0 Å². The van der Waals surface area contributed by atoms with Crippen molar-refractivity contribution < 1.29 is 4.79 Å². The van der Waals surface area contributed by atoms with Crippen LogP contribution in [-0.2, 0) is 13.0 Å². The van der Waals surface area contributed by atoms with Crippen LogP contribution in [0.25, 0.3) is 20.8 Å². The lowest BCUT2D eigenvalue weighted by atomic mass is 10.0. The number of nitrogens with zero attached hydrogens (tertiary/aromatic N) is 4. The molecule has 0 saturated heterocycles. The van der Waals surface area contributed by atoms with Crippen molar-refractivity contribution in [2.75, 3.05) is 5.32 Å². The second-order valence-corrected chi connectivity index (χ2v) is 10.7. The van der Waals surface area contributed by atoms with Gasteiger partial charge in [-0.2, -0.15) is 0 Å². The monoisotopic (exact) mass is 479 g/mol. The van der Waals surface area contributed by atoms with E-state index in [0.717, 1.165) is 42.1 Å². The van der Waals surface area contributed by atoms with Crippen molar-refractivity contribution in [1.29, 1.82) is 0 Å². The third kappa shape index (κ3) is 4.11. The number of benzene rings is 1. The van der Waals surface area contributed by atoms with Crippen LogP contribution in [-0.4, -0.2) is 25.7 Å². The summed E-state index contributed by atoms with van der Waals surface area (Å²) in [5.41, 5.74) is 2.87. The molecule has 170 valence electrons. The molecule has 5 rings (SSSR count). The molecule has 3 aromatic heterocycles. The molecule has 4 heterocycles. The van der Waals surface area contributed by atoms with E-state index in [1.54, 1.807) is 4.57 Å². The largest absolute Gasteiger partial charge is 0.296 e. The average molecular weight is 480 g/mol. The zero-order valence-electron chi connectivity index (χ0n) is 18.8. The van der Waals surface area contributed by atoms with E-state index in [2.05, 4.69) is 41.5 Å². The van der Waals surface area contributed by atoms with Gasteiger partial charge in [0.25, 0.3) is 11.5 Å². The van der Waals surface area contributed by atoms with Gasteiger partial charge < -0.3 is 0 Å². The molecule has 1 aromatic carbocycles. The Hall–Kier alpha value is -2.91. The molecule has 0 fully saturated rings. The number of carbonyl (C=O) groups is 1. The molecular formula is C24H25N5O2S2. The van der Waals surface area contributed by atoms with Gasteiger partial charge in [0, 0.05) is 18.5 Å². The van der Waals surface area contributed by atoms with Crippen molar-refractivity contribution in [3.05, 3.63) is 56.4 Å². The van der Waals surface area contributed by atoms with Crippen LogP contribution >= 0.6 is 22.7 Å². The maximum Gasteiger partial charge on any atom is 0.267 e. The van der Waals surface area contributed by atoms with E-state index < -0.39 is 0 Å². The number of carbonyl (C=O) groups excluding carboxylic acids is 1. The molecule has 0 radical (unpaired) electrons. The number of thiophene rings is 1. The van der Waals surface area contributed by atoms with E-state index in [9.17, 15) is 9.59 Å². The number of amides is 1. The molecule has 4 aromatic rings. The molecule has 1 aliphatic rings. The van der Waals surface area contributed by atoms with Gasteiger partial charge in [0.05, 0.1) is 10.3 Å². The summed E-state index contributed by atoms with van der Waals surface area (Å²) in [7, 11) is 0. The Morgan fingerprint density at radius 3 is 2.64 bits per heavy atom. The van der Waals surface area contributed by atoms with Gasteiger partial charge in [0.15, 0.2) is 0 Å². The summed E-state index contributed by atoms with van der Waals surface area (Å²) in [6.07, 6.45) is 3.93. The molecular weight excluding hydrogens is 454 g/mol. The molecule has 1 aliphatic heterocycles. The predicted octanol–water partition coefficient (Wildman–Crippen LogP) is 5.39. The Morgan fingerprint density at radius 2 is 1.88 bits per heavy atom. The van der Waals surface area contributed by atoms with Crippen molar-refractivity contribution >= 4 is 43.9 Å². The van der Waals surface area contributed by atoms with E-state index in [-0.39, 0.29) is 11.5 Å². The van der Waals surface area contributed by atoms with Gasteiger partial charge in [0.1, 0.15) is 15.7 Å². The van der Waals surface area contributed by atoms with Crippen LogP contribution in [0.2, 0.25) is 0 Å². The average Bonchev–Trinajstić information content (AvgIpc) is 3.31. The second-order valence-electron chi connectivity index (χ2n) is 8.68. The zero-order chi connectivity index (χ0) is 23.1. The van der Waals surface area contributed by atoms with Crippen LogP contribution < -0.4 is 10.9 Å². The summed E-state index contributed by atoms with van der Waals surface area (Å²) in [5, 5.41) is 13.0. The Kier molecular flexibility index (Phi) is 5.84. The first-order valence-electron chi connectivity index (χ1n) is 11.2. The summed E-state index contributed by atoms with van der Waals surface area (Å²) in [5.74, 6) is 1.01. The predicted molar refractivity (Wildman–Crippen MR) is 134 cm³/mol. The maximum absolute atomic E-state index is 13.1. The number of fused-ring (bicyclic) bond motifs is 2. The fourth-order valence-corrected chi connectivity index (χ4v) is 6.01. The minimum absolute atomic E-state index is 0.0345. The maximum atomic E-state index is 13.1. The van der Waals surface area contributed by atoms with Crippen molar-refractivity contribution in [2.24, 2.45) is 0 Å². The van der Waals surface area contributed by atoms with Crippen LogP contribution in [0.3, 0.4) is 0 Å². The highest BCUT2D eigenvalue weighted by Crippen LogP contribution is 2.31. The van der Waals surface area contributed by atoms with Gasteiger partial charge in [-0.05, 0) is 36.8 Å². The molecule has 1 amide bonds. The SMILES string of the molecule is Cc1c(C(=O)Nc2nnc(-c3ccc(C(C)C)cc3)s2)sc2nc3n(c(=O)c12)CCCCC3. The molecule has 33 heavy (non-hydrogen) atoms. The Morgan fingerprint density at radius 1 is 1.09 bits per heavy atom. The lowest BCUT2D eigenvalue weighted by Gasteiger charge is -2.08. The Bertz CT molecular complexity index is 1400. The van der Waals surface area contributed by atoms with Crippen LogP contribution in [0.5, 0.6) is 0 Å². The molecule has 0 atom stereocenters. The van der Waals surface area contributed by atoms with Crippen molar-refractivity contribution in [3.8, 4) is 10.6 Å². The third-order valence-electron chi connectivity index (χ3n) is 6.09. The van der Waals surface area contributed by atoms with Crippen LogP contribution in [0.4, 0.5) is 5.13 Å². The summed E-state index contributed by atoms with van der Waals surface area (Å²) in [6.45, 7) is 6.83. The van der Waals surface area contributed by atoms with Crippen LogP contribution in [0.15, 0.2) is 29.1 Å². The summed E-state index contributed by atoms with van der Waals surface area (Å²) >= 11 is 2.60. The number of hydrogen-bond donors (Lipinski definition) is 1. The molecule has 0 saturated carbocycles. The topological polar surface area (TPSA) is 89.8 Å². The number of anilines is 1. The first kappa shape index (κ1) is 21.9. The van der Waals surface area contributed by atoms with Gasteiger partial charge in [-0.1, -0.05) is 55.9 Å². The number of aromatic nitrogens is 4. The molecule has 0 aliphatic carbocycles. The summed E-state index contributed by atoms with van der Waals surface area (Å²) in [6, 6.07) is 8.24. The van der Waals surface area contributed by atoms with Gasteiger partial charge >= 0.3 is 0 Å². The fraction of sp³-hybridized carbons (Fsp3) is 0.375. The third-order valence-corrected chi connectivity index (χ3v) is 8.16. The van der Waals surface area contributed by atoms with E-state index in [4.69, 9.17) is 4.98 Å². The van der Waals surface area contributed by atoms with Crippen LogP contribution in [0, 0.1) is 6.92 Å². The minimum Gasteiger partial charge on any atom is -0.296 e. The first-order chi connectivity index (χ1) is 15.9. The Balaban J connectivity index is 1.41. The number of hydrogen-bond acceptors (Lipinski definition) is 7. The lowest BCUT2D eigenvalue weighted by molar-refractivity contribution is 0.103. The molecule has 0 bridgehead atoms. The van der Waals surface area contributed by atoms with Crippen molar-refractivity contribution in [1.82, 2.24) is 19.7 Å². The lowest BCUT2D eigenvalue weighted by Crippen LogP contribution is -2.24. The van der Waals surface area contributed by atoms with E-state index >= 15 is 0 Å². The van der Waals surface area contributed by atoms with Crippen molar-refractivity contribution in [2.45, 2.75) is 58.9 Å². The minimum atomic E-state index is -0.284. The molecule has 7 nitrogen and oxygen atoms in total. The normalized spacial score (nSPS) is 13.8. The number of aryl methyl sites for hydroxylation is 2. The van der Waals surface area contributed by atoms with E-state index in [1.807, 2.05) is 19.1 Å².